The first kappa shape index (κ1) is 20.0. The van der Waals surface area contributed by atoms with Crippen LogP contribution in [0.4, 0.5) is 10.1 Å². The van der Waals surface area contributed by atoms with Crippen molar-refractivity contribution in [2.45, 2.75) is 18.1 Å². The van der Waals surface area contributed by atoms with Gasteiger partial charge in [-0.15, -0.1) is 11.3 Å². The second kappa shape index (κ2) is 7.87. The molecule has 29 heavy (non-hydrogen) atoms. The molecule has 154 valence electrons. The molecular weight excluding hydrogens is 415 g/mol. The zero-order valence-corrected chi connectivity index (χ0v) is 17.3. The molecule has 1 aromatic carbocycles. The van der Waals surface area contributed by atoms with Gasteiger partial charge in [-0.1, -0.05) is 6.07 Å². The van der Waals surface area contributed by atoms with Crippen LogP contribution in [0, 0.1) is 11.7 Å². The Labute approximate surface area is 172 Å². The summed E-state index contributed by atoms with van der Waals surface area (Å²) in [7, 11) is -3.34. The summed E-state index contributed by atoms with van der Waals surface area (Å²) in [4.78, 5) is 29.3. The summed E-state index contributed by atoms with van der Waals surface area (Å²) in [5.41, 5.74) is 0.558. The predicted octanol–water partition coefficient (Wildman–Crippen LogP) is 2.63. The molecule has 2 aromatic rings. The molecule has 3 heterocycles. The van der Waals surface area contributed by atoms with Gasteiger partial charge >= 0.3 is 0 Å². The molecule has 0 unspecified atom stereocenters. The molecule has 0 bridgehead atoms. The Hall–Kier alpha value is -2.26. The molecule has 4 rings (SSSR count). The lowest BCUT2D eigenvalue weighted by atomic mass is 10.1. The second-order valence-electron chi connectivity index (χ2n) is 7.37. The van der Waals surface area contributed by atoms with Gasteiger partial charge in [-0.3, -0.25) is 9.59 Å². The second-order valence-corrected chi connectivity index (χ2v) is 10.6. The highest BCUT2D eigenvalue weighted by molar-refractivity contribution is 7.91. The average molecular weight is 437 g/mol. The number of rotatable bonds is 3. The molecule has 0 N–H and O–H groups in total. The third-order valence-corrected chi connectivity index (χ3v) is 8.77. The molecule has 0 aliphatic carbocycles. The van der Waals surface area contributed by atoms with Crippen LogP contribution < -0.4 is 4.90 Å². The molecular formula is C20H21FN2O4S2. The highest BCUT2D eigenvalue weighted by Gasteiger charge is 2.39. The summed E-state index contributed by atoms with van der Waals surface area (Å²) < 4.78 is 38.5. The van der Waals surface area contributed by atoms with Gasteiger partial charge in [-0.25, -0.2) is 12.8 Å². The number of benzene rings is 1. The van der Waals surface area contributed by atoms with Crippen LogP contribution in [0.25, 0.3) is 0 Å². The number of anilines is 1. The molecule has 0 spiro atoms. The average Bonchev–Trinajstić information content (AvgIpc) is 3.31. The van der Waals surface area contributed by atoms with Crippen LogP contribution in [0.2, 0.25) is 0 Å². The summed E-state index contributed by atoms with van der Waals surface area (Å²) >= 11 is 1.41. The Morgan fingerprint density at radius 3 is 2.59 bits per heavy atom. The van der Waals surface area contributed by atoms with Crippen LogP contribution in [-0.2, 0) is 19.4 Å². The highest BCUT2D eigenvalue weighted by atomic mass is 32.2. The minimum absolute atomic E-state index is 0.0772. The van der Waals surface area contributed by atoms with Crippen molar-refractivity contribution >= 4 is 38.7 Å². The Bertz CT molecular complexity index is 1010. The molecule has 1 aromatic heterocycles. The van der Waals surface area contributed by atoms with Crippen LogP contribution in [0.15, 0.2) is 41.8 Å². The molecule has 0 saturated carbocycles. The molecule has 9 heteroatoms. The maximum atomic E-state index is 13.1. The quantitative estimate of drug-likeness (QED) is 0.741. The SMILES string of the molecule is O=C([C@H]1CC(=O)N(c2ccc(F)cc2)C1)N1CC[C@@H](c2cccs2)S(=O)(=O)CC1. The van der Waals surface area contributed by atoms with Crippen LogP contribution in [0.5, 0.6) is 0 Å². The number of hydrogen-bond acceptors (Lipinski definition) is 5. The van der Waals surface area contributed by atoms with E-state index in [0.717, 1.165) is 4.88 Å². The molecule has 2 aliphatic rings. The normalized spacial score (nSPS) is 24.5. The fraction of sp³-hybridized carbons (Fsp3) is 0.400. The highest BCUT2D eigenvalue weighted by Crippen LogP contribution is 2.33. The summed E-state index contributed by atoms with van der Waals surface area (Å²) in [6.07, 6.45) is 0.435. The smallest absolute Gasteiger partial charge is 0.228 e. The Morgan fingerprint density at radius 2 is 1.90 bits per heavy atom. The maximum absolute atomic E-state index is 13.1. The first-order valence-corrected chi connectivity index (χ1v) is 12.0. The summed E-state index contributed by atoms with van der Waals surface area (Å²) in [6, 6.07) is 9.25. The number of carbonyl (C=O) groups is 2. The van der Waals surface area contributed by atoms with Gasteiger partial charge in [0.25, 0.3) is 0 Å². The van der Waals surface area contributed by atoms with E-state index in [1.807, 2.05) is 17.5 Å². The van der Waals surface area contributed by atoms with Gasteiger partial charge < -0.3 is 9.80 Å². The number of thiophene rings is 1. The Kier molecular flexibility index (Phi) is 5.44. The molecule has 2 aliphatic heterocycles. The van der Waals surface area contributed by atoms with E-state index in [0.29, 0.717) is 18.7 Å². The third kappa shape index (κ3) is 4.06. The van der Waals surface area contributed by atoms with E-state index in [1.54, 1.807) is 4.90 Å². The van der Waals surface area contributed by atoms with Crippen LogP contribution in [-0.4, -0.2) is 50.5 Å². The lowest BCUT2D eigenvalue weighted by Gasteiger charge is -2.23. The van der Waals surface area contributed by atoms with Crippen LogP contribution >= 0.6 is 11.3 Å². The van der Waals surface area contributed by atoms with Gasteiger partial charge in [0, 0.05) is 36.6 Å². The fourth-order valence-electron chi connectivity index (χ4n) is 3.96. The minimum Gasteiger partial charge on any atom is -0.341 e. The summed E-state index contributed by atoms with van der Waals surface area (Å²) in [6.45, 7) is 0.715. The first-order chi connectivity index (χ1) is 13.8. The van der Waals surface area contributed by atoms with Crippen molar-refractivity contribution in [2.24, 2.45) is 5.92 Å². The standard InChI is InChI=1S/C20H21FN2O4S2/c21-15-3-5-16(6-4-15)23-13-14(12-19(23)24)20(25)22-8-7-18(17-2-1-10-28-17)29(26,27)11-9-22/h1-6,10,14,18H,7-9,11-13H2/t14-,18-/m0/s1. The lowest BCUT2D eigenvalue weighted by molar-refractivity contribution is -0.135. The fourth-order valence-corrected chi connectivity index (χ4v) is 6.96. The van der Waals surface area contributed by atoms with Crippen LogP contribution in [0.1, 0.15) is 23.0 Å². The van der Waals surface area contributed by atoms with E-state index >= 15 is 0 Å². The largest absolute Gasteiger partial charge is 0.341 e. The molecule has 6 nitrogen and oxygen atoms in total. The van der Waals surface area contributed by atoms with Crippen molar-refractivity contribution in [2.75, 3.05) is 30.3 Å². The van der Waals surface area contributed by atoms with E-state index in [1.165, 1.54) is 40.5 Å². The molecule has 2 fully saturated rings. The number of carbonyl (C=O) groups excluding carboxylic acids is 2. The predicted molar refractivity (Wildman–Crippen MR) is 109 cm³/mol. The van der Waals surface area contributed by atoms with Gasteiger partial charge in [0.1, 0.15) is 5.82 Å². The van der Waals surface area contributed by atoms with Crippen molar-refractivity contribution in [1.29, 1.82) is 0 Å². The van der Waals surface area contributed by atoms with Crippen LogP contribution in [0.3, 0.4) is 0 Å². The number of nitrogens with zero attached hydrogens (tertiary/aromatic N) is 2. The van der Waals surface area contributed by atoms with Gasteiger partial charge in [-0.2, -0.15) is 0 Å². The summed E-state index contributed by atoms with van der Waals surface area (Å²) in [5, 5.41) is 1.27. The van der Waals surface area contributed by atoms with Crippen molar-refractivity contribution in [3.63, 3.8) is 0 Å². The van der Waals surface area contributed by atoms with E-state index in [-0.39, 0.29) is 42.9 Å². The van der Waals surface area contributed by atoms with Gasteiger partial charge in [0.2, 0.25) is 11.8 Å². The maximum Gasteiger partial charge on any atom is 0.228 e. The number of halogens is 1. The van der Waals surface area contributed by atoms with Crippen molar-refractivity contribution in [1.82, 2.24) is 4.90 Å². The number of hydrogen-bond donors (Lipinski definition) is 0. The zero-order valence-electron chi connectivity index (χ0n) is 15.7. The van der Waals surface area contributed by atoms with Crippen molar-refractivity contribution in [3.8, 4) is 0 Å². The Morgan fingerprint density at radius 1 is 1.14 bits per heavy atom. The van der Waals surface area contributed by atoms with E-state index in [2.05, 4.69) is 0 Å². The molecule has 2 amide bonds. The van der Waals surface area contributed by atoms with Gasteiger partial charge in [0.05, 0.1) is 16.9 Å². The number of amides is 2. The topological polar surface area (TPSA) is 74.8 Å². The van der Waals surface area contributed by atoms with E-state index in [4.69, 9.17) is 0 Å². The van der Waals surface area contributed by atoms with Crippen molar-refractivity contribution in [3.05, 3.63) is 52.5 Å². The lowest BCUT2D eigenvalue weighted by Crippen LogP contribution is -2.39. The van der Waals surface area contributed by atoms with Gasteiger partial charge in [-0.05, 0) is 42.1 Å². The first-order valence-electron chi connectivity index (χ1n) is 9.45. The molecule has 0 radical (unpaired) electrons. The molecule has 2 saturated heterocycles. The van der Waals surface area contributed by atoms with Crippen molar-refractivity contribution < 1.29 is 22.4 Å². The van der Waals surface area contributed by atoms with E-state index < -0.39 is 21.0 Å². The van der Waals surface area contributed by atoms with Gasteiger partial charge in [0.15, 0.2) is 9.84 Å². The summed E-state index contributed by atoms with van der Waals surface area (Å²) in [5.74, 6) is -1.37. The third-order valence-electron chi connectivity index (χ3n) is 5.53. The minimum atomic E-state index is -3.34. The molecule has 2 atom stereocenters. The van der Waals surface area contributed by atoms with E-state index in [9.17, 15) is 22.4 Å². The zero-order chi connectivity index (χ0) is 20.6. The monoisotopic (exact) mass is 436 g/mol. The Balaban J connectivity index is 1.46. The number of sulfone groups is 1.